The van der Waals surface area contributed by atoms with Crippen molar-refractivity contribution in [1.82, 2.24) is 10.3 Å². The van der Waals surface area contributed by atoms with Crippen LogP contribution < -0.4 is 31.6 Å². The van der Waals surface area contributed by atoms with Crippen molar-refractivity contribution in [2.75, 3.05) is 43.7 Å². The average molecular weight is 422 g/mol. The number of aromatic nitrogens is 1. The van der Waals surface area contributed by atoms with Crippen LogP contribution in [-0.2, 0) is 4.74 Å². The molecule has 11 heteroatoms. The number of hydrogen-bond acceptors (Lipinski definition) is 11. The molecule has 0 saturated carbocycles. The van der Waals surface area contributed by atoms with Gasteiger partial charge in [-0.05, 0) is 24.6 Å². The highest BCUT2D eigenvalue weighted by Crippen LogP contribution is 2.42. The van der Waals surface area contributed by atoms with Gasteiger partial charge in [-0.3, -0.25) is 5.32 Å². The number of pyridine rings is 1. The number of nitrogens with one attached hydrogen (secondary N) is 2. The SMILES string of the molecule is CCOCCOc1cc(C2N=C(NC#N)Nc3nc(N)c(C#N)c(N)c32)ccc1OC. The fourth-order valence-corrected chi connectivity index (χ4v) is 3.15. The minimum Gasteiger partial charge on any atom is -0.493 e. The molecular weight excluding hydrogens is 400 g/mol. The van der Waals surface area contributed by atoms with E-state index in [1.54, 1.807) is 25.3 Å². The Kier molecular flexibility index (Phi) is 6.60. The Morgan fingerprint density at radius 1 is 1.23 bits per heavy atom. The second-order valence-electron chi connectivity index (χ2n) is 6.36. The summed E-state index contributed by atoms with van der Waals surface area (Å²) in [5.74, 6) is 1.49. The minimum absolute atomic E-state index is 0.0158. The van der Waals surface area contributed by atoms with E-state index in [4.69, 9.17) is 30.9 Å². The molecule has 3 rings (SSSR count). The van der Waals surface area contributed by atoms with Crippen LogP contribution in [-0.4, -0.2) is 37.9 Å². The zero-order valence-electron chi connectivity index (χ0n) is 17.1. The monoisotopic (exact) mass is 422 g/mol. The highest BCUT2D eigenvalue weighted by atomic mass is 16.5. The fourth-order valence-electron chi connectivity index (χ4n) is 3.15. The van der Waals surface area contributed by atoms with Gasteiger partial charge in [0.15, 0.2) is 17.7 Å². The third-order valence-corrected chi connectivity index (χ3v) is 4.55. The molecule has 160 valence electrons. The molecule has 0 bridgehead atoms. The van der Waals surface area contributed by atoms with E-state index in [1.165, 1.54) is 0 Å². The normalized spacial score (nSPS) is 14.3. The van der Waals surface area contributed by atoms with Crippen molar-refractivity contribution in [1.29, 1.82) is 10.5 Å². The van der Waals surface area contributed by atoms with Gasteiger partial charge in [0.1, 0.15) is 35.9 Å². The maximum absolute atomic E-state index is 9.44. The van der Waals surface area contributed by atoms with E-state index in [-0.39, 0.29) is 23.0 Å². The summed E-state index contributed by atoms with van der Waals surface area (Å²) in [6, 6.07) is 6.60. The minimum atomic E-state index is -0.674. The van der Waals surface area contributed by atoms with Crippen LogP contribution in [0, 0.1) is 22.8 Å². The van der Waals surface area contributed by atoms with Gasteiger partial charge < -0.3 is 31.0 Å². The average Bonchev–Trinajstić information content (AvgIpc) is 2.76. The van der Waals surface area contributed by atoms with E-state index in [0.717, 1.165) is 0 Å². The van der Waals surface area contributed by atoms with Gasteiger partial charge in [-0.25, -0.2) is 9.98 Å². The van der Waals surface area contributed by atoms with Gasteiger partial charge in [0.05, 0.1) is 19.4 Å². The topological polar surface area (TPSA) is 177 Å². The van der Waals surface area contributed by atoms with Crippen molar-refractivity contribution >= 4 is 23.3 Å². The Balaban J connectivity index is 2.09. The molecule has 0 spiro atoms. The van der Waals surface area contributed by atoms with E-state index in [0.29, 0.717) is 48.3 Å². The summed E-state index contributed by atoms with van der Waals surface area (Å²) in [6.45, 7) is 3.25. The predicted molar refractivity (Wildman–Crippen MR) is 114 cm³/mol. The fraction of sp³-hybridized carbons (Fsp3) is 0.300. The quantitative estimate of drug-likeness (QED) is 0.290. The number of hydrogen-bond donors (Lipinski definition) is 4. The molecule has 1 aliphatic rings. The number of ether oxygens (including phenoxy) is 3. The lowest BCUT2D eigenvalue weighted by molar-refractivity contribution is 0.109. The second kappa shape index (κ2) is 9.52. The first-order valence-electron chi connectivity index (χ1n) is 9.41. The number of nitrogen functional groups attached to an aromatic ring is 2. The lowest BCUT2D eigenvalue weighted by Crippen LogP contribution is -2.32. The summed E-state index contributed by atoms with van der Waals surface area (Å²) in [5, 5.41) is 23.8. The predicted octanol–water partition coefficient (Wildman–Crippen LogP) is 1.48. The van der Waals surface area contributed by atoms with E-state index in [1.807, 2.05) is 19.2 Å². The molecule has 1 aromatic heterocycles. The Bertz CT molecular complexity index is 1090. The van der Waals surface area contributed by atoms with Gasteiger partial charge in [-0.1, -0.05) is 6.07 Å². The summed E-state index contributed by atoms with van der Waals surface area (Å²) in [5.41, 5.74) is 13.5. The number of rotatable bonds is 7. The van der Waals surface area contributed by atoms with Crippen molar-refractivity contribution in [3.05, 3.63) is 34.9 Å². The molecule has 0 amide bonds. The number of nitriles is 2. The smallest absolute Gasteiger partial charge is 0.211 e. The van der Waals surface area contributed by atoms with Gasteiger partial charge in [0.25, 0.3) is 0 Å². The van der Waals surface area contributed by atoms with Gasteiger partial charge >= 0.3 is 0 Å². The highest BCUT2D eigenvalue weighted by molar-refractivity contribution is 5.98. The van der Waals surface area contributed by atoms with Gasteiger partial charge in [0.2, 0.25) is 5.96 Å². The first kappa shape index (κ1) is 21.5. The second-order valence-corrected chi connectivity index (χ2v) is 6.36. The highest BCUT2D eigenvalue weighted by Gasteiger charge is 2.30. The molecule has 1 unspecified atom stereocenters. The summed E-state index contributed by atoms with van der Waals surface area (Å²) in [7, 11) is 1.54. The first-order chi connectivity index (χ1) is 15.0. The third-order valence-electron chi connectivity index (χ3n) is 4.55. The van der Waals surface area contributed by atoms with Crippen molar-refractivity contribution in [3.8, 4) is 23.8 Å². The van der Waals surface area contributed by atoms with Gasteiger partial charge in [0, 0.05) is 12.2 Å². The van der Waals surface area contributed by atoms with Crippen molar-refractivity contribution in [2.24, 2.45) is 4.99 Å². The van der Waals surface area contributed by atoms with E-state index in [9.17, 15) is 5.26 Å². The molecule has 31 heavy (non-hydrogen) atoms. The summed E-state index contributed by atoms with van der Waals surface area (Å²) < 4.78 is 16.5. The van der Waals surface area contributed by atoms with E-state index < -0.39 is 6.04 Å². The van der Waals surface area contributed by atoms with Crippen LogP contribution in [0.5, 0.6) is 11.5 Å². The van der Waals surface area contributed by atoms with Crippen LogP contribution in [0.15, 0.2) is 23.2 Å². The molecule has 0 fully saturated rings. The molecule has 1 aromatic carbocycles. The number of guanidine groups is 1. The molecule has 2 aromatic rings. The molecule has 0 aliphatic carbocycles. The Hall–Kier alpha value is -4.22. The number of nitrogens with two attached hydrogens (primary N) is 2. The maximum Gasteiger partial charge on any atom is 0.211 e. The van der Waals surface area contributed by atoms with Crippen LogP contribution >= 0.6 is 0 Å². The van der Waals surface area contributed by atoms with Crippen LogP contribution in [0.25, 0.3) is 0 Å². The molecule has 1 aliphatic heterocycles. The zero-order valence-corrected chi connectivity index (χ0v) is 17.1. The summed E-state index contributed by atoms with van der Waals surface area (Å²) >= 11 is 0. The molecule has 0 saturated heterocycles. The Morgan fingerprint density at radius 3 is 2.71 bits per heavy atom. The van der Waals surface area contributed by atoms with Crippen LogP contribution in [0.2, 0.25) is 0 Å². The first-order valence-corrected chi connectivity index (χ1v) is 9.41. The van der Waals surface area contributed by atoms with E-state index in [2.05, 4.69) is 20.6 Å². The number of nitrogens with zero attached hydrogens (tertiary/aromatic N) is 4. The van der Waals surface area contributed by atoms with Crippen molar-refractivity contribution in [3.63, 3.8) is 0 Å². The third kappa shape index (κ3) is 4.37. The molecular formula is C20H22N8O3. The number of benzene rings is 1. The molecule has 11 nitrogen and oxygen atoms in total. The number of methoxy groups -OCH3 is 1. The largest absolute Gasteiger partial charge is 0.493 e. The standard InChI is InChI=1S/C20H22N8O3/c1-3-30-6-7-31-14-8-11(4-5-13(14)29-2)17-15-16(23)12(9-21)18(24)27-19(15)28-20(26-17)25-10-22/h4-5,8,17H,3,6-7H2,1-2H3,(H6,23,24,25,26,27,28). The molecule has 0 radical (unpaired) electrons. The number of anilines is 3. The van der Waals surface area contributed by atoms with Crippen molar-refractivity contribution in [2.45, 2.75) is 13.0 Å². The number of aliphatic imine (C=N–C) groups is 1. The van der Waals surface area contributed by atoms with Gasteiger partial charge in [-0.2, -0.15) is 10.5 Å². The Morgan fingerprint density at radius 2 is 2.03 bits per heavy atom. The van der Waals surface area contributed by atoms with Crippen LogP contribution in [0.4, 0.5) is 17.3 Å². The van der Waals surface area contributed by atoms with Crippen molar-refractivity contribution < 1.29 is 14.2 Å². The number of fused-ring (bicyclic) bond motifs is 1. The molecule has 6 N–H and O–H groups in total. The zero-order chi connectivity index (χ0) is 22.4. The lowest BCUT2D eigenvalue weighted by atomic mass is 9.95. The van der Waals surface area contributed by atoms with E-state index >= 15 is 0 Å². The van der Waals surface area contributed by atoms with Crippen LogP contribution in [0.3, 0.4) is 0 Å². The Labute approximate surface area is 179 Å². The summed E-state index contributed by atoms with van der Waals surface area (Å²) in [6.07, 6.45) is 1.82. The lowest BCUT2D eigenvalue weighted by Gasteiger charge is -2.26. The molecule has 1 atom stereocenters. The maximum atomic E-state index is 9.44. The van der Waals surface area contributed by atoms with Crippen LogP contribution in [0.1, 0.15) is 29.7 Å². The van der Waals surface area contributed by atoms with Gasteiger partial charge in [-0.15, -0.1) is 0 Å². The molecule has 2 heterocycles. The summed E-state index contributed by atoms with van der Waals surface area (Å²) in [4.78, 5) is 8.78.